The summed E-state index contributed by atoms with van der Waals surface area (Å²) < 4.78 is 4.58. The van der Waals surface area contributed by atoms with E-state index >= 15 is 0 Å². The van der Waals surface area contributed by atoms with Crippen LogP contribution in [0.3, 0.4) is 0 Å². The molecule has 1 aromatic heterocycles. The summed E-state index contributed by atoms with van der Waals surface area (Å²) in [5, 5.41) is 9.43. The van der Waals surface area contributed by atoms with Gasteiger partial charge in [0, 0.05) is 17.6 Å². The number of hydrogen-bond acceptors (Lipinski definition) is 3. The first kappa shape index (κ1) is 11.5. The fraction of sp³-hybridized carbons (Fsp3) is 0.0909. The van der Waals surface area contributed by atoms with Gasteiger partial charge in [-0.2, -0.15) is 0 Å². The van der Waals surface area contributed by atoms with Crippen molar-refractivity contribution in [3.8, 4) is 0 Å². The Labute approximate surface area is 103 Å². The van der Waals surface area contributed by atoms with E-state index in [0.717, 1.165) is 5.56 Å². The van der Waals surface area contributed by atoms with Crippen LogP contribution in [0.1, 0.15) is 5.56 Å². The van der Waals surface area contributed by atoms with Gasteiger partial charge in [-0.05, 0) is 17.7 Å². The number of halogens is 1. The quantitative estimate of drug-likeness (QED) is 0.881. The Hall–Kier alpha value is -2.01. The lowest BCUT2D eigenvalue weighted by Crippen LogP contribution is -2.28. The summed E-state index contributed by atoms with van der Waals surface area (Å²) in [4.78, 5) is 11.4. The molecule has 0 bridgehead atoms. The average Bonchev–Trinajstić information content (AvgIpc) is 2.81. The van der Waals surface area contributed by atoms with Crippen molar-refractivity contribution in [2.24, 2.45) is 0 Å². The van der Waals surface area contributed by atoms with Crippen molar-refractivity contribution < 1.29 is 9.32 Å². The Morgan fingerprint density at radius 3 is 2.71 bits per heavy atom. The molecule has 88 valence electrons. The molecule has 0 atom stereocenters. The topological polar surface area (TPSA) is 67.2 Å². The minimum absolute atomic E-state index is 0.339. The van der Waals surface area contributed by atoms with Gasteiger partial charge in [0.15, 0.2) is 5.82 Å². The summed E-state index contributed by atoms with van der Waals surface area (Å²) in [5.74, 6) is 0.374. The van der Waals surface area contributed by atoms with E-state index in [9.17, 15) is 4.79 Å². The molecule has 2 amide bonds. The zero-order valence-electron chi connectivity index (χ0n) is 8.81. The lowest BCUT2D eigenvalue weighted by molar-refractivity contribution is 0.251. The van der Waals surface area contributed by atoms with Crippen molar-refractivity contribution >= 4 is 23.4 Å². The molecule has 6 heteroatoms. The first-order valence-corrected chi connectivity index (χ1v) is 5.31. The van der Waals surface area contributed by atoms with Crippen LogP contribution in [0.4, 0.5) is 10.6 Å². The Balaban J connectivity index is 1.82. The summed E-state index contributed by atoms with van der Waals surface area (Å²) in [6.07, 6.45) is 1.38. The highest BCUT2D eigenvalue weighted by molar-refractivity contribution is 6.30. The van der Waals surface area contributed by atoms with Crippen molar-refractivity contribution in [1.82, 2.24) is 10.5 Å². The zero-order valence-corrected chi connectivity index (χ0v) is 9.57. The number of rotatable bonds is 3. The Morgan fingerprint density at radius 2 is 2.06 bits per heavy atom. The number of hydrogen-bond donors (Lipinski definition) is 2. The predicted octanol–water partition coefficient (Wildman–Crippen LogP) is 2.65. The number of urea groups is 1. The molecule has 2 rings (SSSR count). The maximum Gasteiger partial charge on any atom is 0.320 e. The molecule has 0 unspecified atom stereocenters. The van der Waals surface area contributed by atoms with Crippen LogP contribution in [0.25, 0.3) is 0 Å². The van der Waals surface area contributed by atoms with Crippen LogP contribution in [0.2, 0.25) is 5.02 Å². The molecule has 0 aliphatic carbocycles. The summed E-state index contributed by atoms with van der Waals surface area (Å²) >= 11 is 5.75. The fourth-order valence-corrected chi connectivity index (χ4v) is 1.35. The standard InChI is InChI=1S/C11H10ClN3O2/c12-9-3-1-8(2-4-9)7-13-11(16)14-10-5-6-17-15-10/h1-6H,7H2,(H2,13,14,15,16). The third-order valence-electron chi connectivity index (χ3n) is 2.05. The molecule has 1 heterocycles. The first-order valence-electron chi connectivity index (χ1n) is 4.94. The molecule has 17 heavy (non-hydrogen) atoms. The number of nitrogens with zero attached hydrogens (tertiary/aromatic N) is 1. The molecular formula is C11H10ClN3O2. The number of carbonyl (C=O) groups excluding carboxylic acids is 1. The van der Waals surface area contributed by atoms with E-state index in [4.69, 9.17) is 11.6 Å². The third kappa shape index (κ3) is 3.49. The van der Waals surface area contributed by atoms with Crippen molar-refractivity contribution in [3.05, 3.63) is 47.2 Å². The molecule has 2 N–H and O–H groups in total. The molecular weight excluding hydrogens is 242 g/mol. The van der Waals surface area contributed by atoms with Gasteiger partial charge in [0.1, 0.15) is 6.26 Å². The molecule has 5 nitrogen and oxygen atoms in total. The highest BCUT2D eigenvalue weighted by Gasteiger charge is 2.03. The van der Waals surface area contributed by atoms with E-state index in [1.165, 1.54) is 6.26 Å². The van der Waals surface area contributed by atoms with E-state index in [-0.39, 0.29) is 6.03 Å². The second kappa shape index (κ2) is 5.36. The van der Waals surface area contributed by atoms with Crippen LogP contribution >= 0.6 is 11.6 Å². The van der Waals surface area contributed by atoms with Crippen molar-refractivity contribution in [3.63, 3.8) is 0 Å². The van der Waals surface area contributed by atoms with Crippen molar-refractivity contribution in [1.29, 1.82) is 0 Å². The number of amides is 2. The second-order valence-electron chi connectivity index (χ2n) is 3.32. The van der Waals surface area contributed by atoms with Crippen LogP contribution in [-0.4, -0.2) is 11.2 Å². The lowest BCUT2D eigenvalue weighted by atomic mass is 10.2. The molecule has 0 aliphatic rings. The van der Waals surface area contributed by atoms with Gasteiger partial charge in [0.25, 0.3) is 0 Å². The van der Waals surface area contributed by atoms with Crippen LogP contribution in [0.15, 0.2) is 41.1 Å². The SMILES string of the molecule is O=C(NCc1ccc(Cl)cc1)Nc1ccon1. The monoisotopic (exact) mass is 251 g/mol. The number of benzene rings is 1. The minimum Gasteiger partial charge on any atom is -0.363 e. The minimum atomic E-state index is -0.339. The highest BCUT2D eigenvalue weighted by atomic mass is 35.5. The molecule has 0 spiro atoms. The van der Waals surface area contributed by atoms with E-state index in [0.29, 0.717) is 17.4 Å². The van der Waals surface area contributed by atoms with E-state index in [2.05, 4.69) is 20.3 Å². The van der Waals surface area contributed by atoms with Crippen LogP contribution in [0.5, 0.6) is 0 Å². The lowest BCUT2D eigenvalue weighted by Gasteiger charge is -2.05. The van der Waals surface area contributed by atoms with Gasteiger partial charge in [-0.15, -0.1) is 0 Å². The molecule has 2 aromatic rings. The Bertz CT molecular complexity index is 482. The molecule has 0 saturated heterocycles. The summed E-state index contributed by atoms with van der Waals surface area (Å²) in [5.41, 5.74) is 0.963. The summed E-state index contributed by atoms with van der Waals surface area (Å²) in [7, 11) is 0. The van der Waals surface area contributed by atoms with Gasteiger partial charge in [-0.3, -0.25) is 5.32 Å². The largest absolute Gasteiger partial charge is 0.363 e. The van der Waals surface area contributed by atoms with Crippen LogP contribution < -0.4 is 10.6 Å². The second-order valence-corrected chi connectivity index (χ2v) is 3.76. The fourth-order valence-electron chi connectivity index (χ4n) is 1.22. The predicted molar refractivity (Wildman–Crippen MR) is 63.8 cm³/mol. The number of anilines is 1. The molecule has 1 aromatic carbocycles. The van der Waals surface area contributed by atoms with Gasteiger partial charge in [-0.1, -0.05) is 28.9 Å². The van der Waals surface area contributed by atoms with Gasteiger partial charge >= 0.3 is 6.03 Å². The van der Waals surface area contributed by atoms with Crippen LogP contribution in [0, 0.1) is 0 Å². The highest BCUT2D eigenvalue weighted by Crippen LogP contribution is 2.09. The first-order chi connectivity index (χ1) is 8.24. The molecule has 0 fully saturated rings. The summed E-state index contributed by atoms with van der Waals surface area (Å²) in [6, 6.07) is 8.45. The molecule has 0 saturated carbocycles. The van der Waals surface area contributed by atoms with Gasteiger partial charge in [-0.25, -0.2) is 4.79 Å². The normalized spacial score (nSPS) is 9.94. The van der Waals surface area contributed by atoms with E-state index in [1.54, 1.807) is 18.2 Å². The number of aromatic nitrogens is 1. The molecule has 0 aliphatic heterocycles. The maximum absolute atomic E-state index is 11.4. The van der Waals surface area contributed by atoms with E-state index in [1.807, 2.05) is 12.1 Å². The van der Waals surface area contributed by atoms with Gasteiger partial charge < -0.3 is 9.84 Å². The third-order valence-corrected chi connectivity index (χ3v) is 2.30. The van der Waals surface area contributed by atoms with Gasteiger partial charge in [0.2, 0.25) is 0 Å². The number of carbonyl (C=O) groups is 1. The number of nitrogens with one attached hydrogen (secondary N) is 2. The van der Waals surface area contributed by atoms with Crippen molar-refractivity contribution in [2.45, 2.75) is 6.54 Å². The Morgan fingerprint density at radius 1 is 1.29 bits per heavy atom. The zero-order chi connectivity index (χ0) is 12.1. The molecule has 0 radical (unpaired) electrons. The van der Waals surface area contributed by atoms with E-state index < -0.39 is 0 Å². The Kier molecular flexibility index (Phi) is 3.62. The van der Waals surface area contributed by atoms with Gasteiger partial charge in [0.05, 0.1) is 0 Å². The van der Waals surface area contributed by atoms with Crippen molar-refractivity contribution in [2.75, 3.05) is 5.32 Å². The maximum atomic E-state index is 11.4. The van der Waals surface area contributed by atoms with Crippen LogP contribution in [-0.2, 0) is 6.54 Å². The smallest absolute Gasteiger partial charge is 0.320 e. The summed E-state index contributed by atoms with van der Waals surface area (Å²) in [6.45, 7) is 0.418. The average molecular weight is 252 g/mol.